The van der Waals surface area contributed by atoms with E-state index in [-0.39, 0.29) is 0 Å². The Morgan fingerprint density at radius 3 is 2.57 bits per heavy atom. The summed E-state index contributed by atoms with van der Waals surface area (Å²) >= 11 is 0. The molecule has 0 atom stereocenters. The summed E-state index contributed by atoms with van der Waals surface area (Å²) < 4.78 is 24.4. The van der Waals surface area contributed by atoms with Crippen LogP contribution < -0.4 is 5.32 Å². The van der Waals surface area contributed by atoms with Gasteiger partial charge in [-0.05, 0) is 25.0 Å². The SMILES string of the molecule is CS(=O)(=O)C1(C(=O)Nc2ccc(-n3cncn3)nc2)CCCC1. The highest BCUT2D eigenvalue weighted by molar-refractivity contribution is 7.92. The number of rotatable bonds is 4. The molecule has 1 amide bonds. The van der Waals surface area contributed by atoms with Crippen molar-refractivity contribution >= 4 is 21.4 Å². The van der Waals surface area contributed by atoms with Gasteiger partial charge in [-0.15, -0.1) is 0 Å². The van der Waals surface area contributed by atoms with Crippen LogP contribution in [0.2, 0.25) is 0 Å². The van der Waals surface area contributed by atoms with E-state index >= 15 is 0 Å². The van der Waals surface area contributed by atoms with Crippen LogP contribution in [0.15, 0.2) is 31.0 Å². The van der Waals surface area contributed by atoms with Gasteiger partial charge in [-0.3, -0.25) is 4.79 Å². The molecule has 2 heterocycles. The van der Waals surface area contributed by atoms with Gasteiger partial charge in [-0.1, -0.05) is 12.8 Å². The van der Waals surface area contributed by atoms with E-state index in [2.05, 4.69) is 20.4 Å². The van der Waals surface area contributed by atoms with Gasteiger partial charge < -0.3 is 5.32 Å². The van der Waals surface area contributed by atoms with E-state index < -0.39 is 20.5 Å². The first-order valence-electron chi connectivity index (χ1n) is 7.24. The number of aromatic nitrogens is 4. The van der Waals surface area contributed by atoms with Crippen LogP contribution in [-0.4, -0.2) is 45.1 Å². The van der Waals surface area contributed by atoms with Gasteiger partial charge in [0.2, 0.25) is 5.91 Å². The number of carbonyl (C=O) groups is 1. The first-order chi connectivity index (χ1) is 10.9. The van der Waals surface area contributed by atoms with Gasteiger partial charge in [-0.2, -0.15) is 5.10 Å². The van der Waals surface area contributed by atoms with Crippen LogP contribution >= 0.6 is 0 Å². The molecule has 0 spiro atoms. The number of hydrogen-bond acceptors (Lipinski definition) is 6. The normalized spacial score (nSPS) is 17.1. The third-order valence-electron chi connectivity index (χ3n) is 4.19. The molecule has 8 nitrogen and oxygen atoms in total. The number of pyridine rings is 1. The van der Waals surface area contributed by atoms with E-state index in [9.17, 15) is 13.2 Å². The third-order valence-corrected chi connectivity index (χ3v) is 6.21. The minimum absolute atomic E-state index is 0.363. The van der Waals surface area contributed by atoms with Crippen molar-refractivity contribution in [2.75, 3.05) is 11.6 Å². The number of hydrogen-bond donors (Lipinski definition) is 1. The van der Waals surface area contributed by atoms with Crippen molar-refractivity contribution in [1.29, 1.82) is 0 Å². The summed E-state index contributed by atoms with van der Waals surface area (Å²) in [6.07, 6.45) is 7.72. The lowest BCUT2D eigenvalue weighted by Gasteiger charge is -2.25. The van der Waals surface area contributed by atoms with Crippen molar-refractivity contribution in [2.45, 2.75) is 30.4 Å². The quantitative estimate of drug-likeness (QED) is 0.892. The number of nitrogens with zero attached hydrogens (tertiary/aromatic N) is 4. The molecule has 0 saturated heterocycles. The van der Waals surface area contributed by atoms with E-state index in [0.717, 1.165) is 19.1 Å². The van der Waals surface area contributed by atoms with E-state index in [1.807, 2.05) is 0 Å². The topological polar surface area (TPSA) is 107 Å². The largest absolute Gasteiger partial charge is 0.323 e. The Hall–Kier alpha value is -2.29. The molecule has 2 aromatic rings. The highest BCUT2D eigenvalue weighted by atomic mass is 32.2. The molecule has 0 aromatic carbocycles. The van der Waals surface area contributed by atoms with Crippen molar-refractivity contribution < 1.29 is 13.2 Å². The zero-order valence-corrected chi connectivity index (χ0v) is 13.5. The molecule has 23 heavy (non-hydrogen) atoms. The first kappa shape index (κ1) is 15.6. The Morgan fingerprint density at radius 1 is 1.30 bits per heavy atom. The Bertz CT molecular complexity index is 793. The Morgan fingerprint density at radius 2 is 2.04 bits per heavy atom. The predicted molar refractivity (Wildman–Crippen MR) is 83.8 cm³/mol. The molecule has 1 aliphatic carbocycles. The molecule has 0 unspecified atom stereocenters. The lowest BCUT2D eigenvalue weighted by molar-refractivity contribution is -0.118. The first-order valence-corrected chi connectivity index (χ1v) is 9.14. The molecule has 1 N–H and O–H groups in total. The number of nitrogens with one attached hydrogen (secondary N) is 1. The molecular formula is C14H17N5O3S. The monoisotopic (exact) mass is 335 g/mol. The predicted octanol–water partition coefficient (Wildman–Crippen LogP) is 0.958. The van der Waals surface area contributed by atoms with Crippen molar-refractivity contribution in [2.24, 2.45) is 0 Å². The fourth-order valence-corrected chi connectivity index (χ4v) is 4.30. The molecule has 1 aliphatic rings. The van der Waals surface area contributed by atoms with Crippen LogP contribution in [0.5, 0.6) is 0 Å². The highest BCUT2D eigenvalue weighted by Crippen LogP contribution is 2.37. The number of amides is 1. The Labute approximate surface area is 133 Å². The molecule has 0 aliphatic heterocycles. The molecule has 1 fully saturated rings. The van der Waals surface area contributed by atoms with Gasteiger partial charge in [0.25, 0.3) is 0 Å². The van der Waals surface area contributed by atoms with E-state index in [0.29, 0.717) is 24.3 Å². The fraction of sp³-hybridized carbons (Fsp3) is 0.429. The summed E-state index contributed by atoms with van der Waals surface area (Å²) in [7, 11) is -3.48. The van der Waals surface area contributed by atoms with Crippen LogP contribution in [0.4, 0.5) is 5.69 Å². The third kappa shape index (κ3) is 2.83. The summed E-state index contributed by atoms with van der Waals surface area (Å²) in [6, 6.07) is 3.33. The van der Waals surface area contributed by atoms with Crippen LogP contribution in [0.3, 0.4) is 0 Å². The summed E-state index contributed by atoms with van der Waals surface area (Å²) in [5, 5.41) is 6.64. The average molecular weight is 335 g/mol. The molecule has 0 bridgehead atoms. The van der Waals surface area contributed by atoms with Gasteiger partial charge in [0, 0.05) is 6.26 Å². The number of sulfone groups is 1. The minimum atomic E-state index is -3.48. The van der Waals surface area contributed by atoms with E-state index in [1.54, 1.807) is 12.1 Å². The average Bonchev–Trinajstić information content (AvgIpc) is 3.19. The fourth-order valence-electron chi connectivity index (χ4n) is 2.88. The Balaban J connectivity index is 1.80. The van der Waals surface area contributed by atoms with Crippen molar-refractivity contribution in [3.8, 4) is 5.82 Å². The van der Waals surface area contributed by atoms with Gasteiger partial charge in [0.05, 0.1) is 11.9 Å². The van der Waals surface area contributed by atoms with Gasteiger partial charge in [0.15, 0.2) is 20.4 Å². The van der Waals surface area contributed by atoms with Gasteiger partial charge in [-0.25, -0.2) is 23.1 Å². The summed E-state index contributed by atoms with van der Waals surface area (Å²) in [5.74, 6) is 0.0759. The van der Waals surface area contributed by atoms with Crippen LogP contribution in [0.1, 0.15) is 25.7 Å². The van der Waals surface area contributed by atoms with E-state index in [1.165, 1.54) is 23.5 Å². The lowest BCUT2D eigenvalue weighted by atomic mass is 10.1. The molecule has 3 rings (SSSR count). The molecule has 9 heteroatoms. The maximum Gasteiger partial charge on any atom is 0.245 e. The smallest absolute Gasteiger partial charge is 0.245 e. The Kier molecular flexibility index (Phi) is 3.88. The van der Waals surface area contributed by atoms with Crippen molar-refractivity contribution in [3.05, 3.63) is 31.0 Å². The maximum atomic E-state index is 12.6. The molecule has 1 saturated carbocycles. The van der Waals surface area contributed by atoms with Crippen LogP contribution in [0.25, 0.3) is 5.82 Å². The van der Waals surface area contributed by atoms with Gasteiger partial charge in [0.1, 0.15) is 12.7 Å². The number of carbonyl (C=O) groups excluding carboxylic acids is 1. The lowest BCUT2D eigenvalue weighted by Crippen LogP contribution is -2.47. The summed E-state index contributed by atoms with van der Waals surface area (Å²) in [5.41, 5.74) is 0.453. The van der Waals surface area contributed by atoms with Gasteiger partial charge >= 0.3 is 0 Å². The summed E-state index contributed by atoms with van der Waals surface area (Å²) in [4.78, 5) is 20.6. The highest BCUT2D eigenvalue weighted by Gasteiger charge is 2.49. The maximum absolute atomic E-state index is 12.6. The standard InChI is InChI=1S/C14H17N5O3S/c1-23(21,22)14(6-2-3-7-14)13(20)18-11-4-5-12(16-8-11)19-10-15-9-17-19/h4-5,8-10H,2-3,6-7H2,1H3,(H,18,20). The molecule has 0 radical (unpaired) electrons. The second-order valence-electron chi connectivity index (χ2n) is 5.67. The van der Waals surface area contributed by atoms with Crippen molar-refractivity contribution in [1.82, 2.24) is 19.7 Å². The second kappa shape index (κ2) is 5.73. The molecule has 122 valence electrons. The van der Waals surface area contributed by atoms with Crippen LogP contribution in [-0.2, 0) is 14.6 Å². The molecular weight excluding hydrogens is 318 g/mol. The van der Waals surface area contributed by atoms with Crippen molar-refractivity contribution in [3.63, 3.8) is 0 Å². The van der Waals surface area contributed by atoms with E-state index in [4.69, 9.17) is 0 Å². The minimum Gasteiger partial charge on any atom is -0.323 e. The molecule has 2 aromatic heterocycles. The summed E-state index contributed by atoms with van der Waals surface area (Å²) in [6.45, 7) is 0. The zero-order chi connectivity index (χ0) is 16.5. The van der Waals surface area contributed by atoms with Crippen LogP contribution in [0, 0.1) is 0 Å². The second-order valence-corrected chi connectivity index (χ2v) is 8.00. The zero-order valence-electron chi connectivity index (χ0n) is 12.6. The number of anilines is 1.